The van der Waals surface area contributed by atoms with Gasteiger partial charge >= 0.3 is 29.8 Å². The summed E-state index contributed by atoms with van der Waals surface area (Å²) in [7, 11) is 3.80. The number of esters is 5. The predicted molar refractivity (Wildman–Crippen MR) is 347 cm³/mol. The maximum absolute atomic E-state index is 14.7. The van der Waals surface area contributed by atoms with Crippen LogP contribution in [0.1, 0.15) is 40.9 Å². The Morgan fingerprint density at radius 2 is 0.962 bits per heavy atom. The number of ether oxygens (including phenoxy) is 17. The molecule has 0 spiro atoms. The molecule has 0 saturated carbocycles. The zero-order valence-electron chi connectivity index (χ0n) is 56.6. The number of phenolic OH excluding ortho intramolecular Hbond substituents is 2. The highest BCUT2D eigenvalue weighted by Gasteiger charge is 2.64. The van der Waals surface area contributed by atoms with Crippen molar-refractivity contribution in [3.05, 3.63) is 125 Å². The maximum atomic E-state index is 14.7. The van der Waals surface area contributed by atoms with Crippen molar-refractivity contribution < 1.29 is 176 Å². The van der Waals surface area contributed by atoms with Gasteiger partial charge in [0.05, 0.1) is 46.2 Å². The van der Waals surface area contributed by atoms with Crippen LogP contribution in [0.25, 0.3) is 18.2 Å². The predicted octanol–water partition coefficient (Wildman–Crippen LogP) is -2.88. The van der Waals surface area contributed by atoms with Crippen LogP contribution < -0.4 is 18.9 Å². The first-order valence-electron chi connectivity index (χ1n) is 32.5. The number of aliphatic hydroxyl groups is 12. The minimum atomic E-state index is -3.03. The second-order valence-corrected chi connectivity index (χ2v) is 24.4. The fourth-order valence-corrected chi connectivity index (χ4v) is 11.6. The lowest BCUT2D eigenvalue weighted by Gasteiger charge is -2.50. The van der Waals surface area contributed by atoms with E-state index in [1.807, 2.05) is 0 Å². The van der Waals surface area contributed by atoms with Crippen molar-refractivity contribution in [2.45, 2.75) is 161 Å². The zero-order valence-corrected chi connectivity index (χ0v) is 56.6. The fourth-order valence-electron chi connectivity index (χ4n) is 11.6. The summed E-state index contributed by atoms with van der Waals surface area (Å²) in [5.74, 6) is -9.46. The summed E-state index contributed by atoms with van der Waals surface area (Å²) in [6, 6.07) is 19.1. The van der Waals surface area contributed by atoms with Crippen molar-refractivity contribution in [3.8, 4) is 34.5 Å². The van der Waals surface area contributed by atoms with Crippen molar-refractivity contribution in [1.29, 1.82) is 0 Å². The van der Waals surface area contributed by atoms with Gasteiger partial charge < -0.3 is 152 Å². The van der Waals surface area contributed by atoms with Crippen molar-refractivity contribution >= 4 is 48.1 Å². The first-order valence-corrected chi connectivity index (χ1v) is 32.5. The zero-order chi connectivity index (χ0) is 76.1. The minimum absolute atomic E-state index is 0.00260. The third-order valence-electron chi connectivity index (χ3n) is 17.3. The number of carbonyl (C=O) groups is 5. The number of hydrogen-bond acceptors (Lipinski definition) is 36. The summed E-state index contributed by atoms with van der Waals surface area (Å²) in [5.41, 5.74) is 0.608. The largest absolute Gasteiger partial charge is 0.504 e. The van der Waals surface area contributed by atoms with Crippen LogP contribution >= 0.6 is 0 Å². The Labute approximate surface area is 597 Å². The van der Waals surface area contributed by atoms with E-state index in [9.17, 15) is 95.5 Å². The summed E-state index contributed by atoms with van der Waals surface area (Å²) in [4.78, 5) is 69.0. The molecule has 4 aromatic rings. The molecule has 5 saturated heterocycles. The quantitative estimate of drug-likeness (QED) is 0.0154. The molecule has 0 aliphatic carbocycles. The summed E-state index contributed by atoms with van der Waals surface area (Å²) < 4.78 is 100. The van der Waals surface area contributed by atoms with Crippen molar-refractivity contribution in [2.75, 3.05) is 54.4 Å². The molecule has 24 unspecified atom stereocenters. The summed E-state index contributed by atoms with van der Waals surface area (Å²) in [6.45, 7) is -3.10. The molecule has 105 heavy (non-hydrogen) atoms. The molecule has 0 radical (unpaired) electrons. The molecule has 574 valence electrons. The number of hydrogen-bond donors (Lipinski definition) is 14. The summed E-state index contributed by atoms with van der Waals surface area (Å²) >= 11 is 0. The molecule has 0 bridgehead atoms. The number of benzene rings is 4. The second kappa shape index (κ2) is 36.2. The molecule has 24 atom stereocenters. The molecule has 9 rings (SSSR count). The van der Waals surface area contributed by atoms with Gasteiger partial charge in [0.15, 0.2) is 65.6 Å². The Bertz CT molecular complexity index is 3680. The average molecular weight is 1490 g/mol. The van der Waals surface area contributed by atoms with Crippen molar-refractivity contribution in [3.63, 3.8) is 0 Å². The van der Waals surface area contributed by atoms with Gasteiger partial charge in [-0.05, 0) is 90.4 Å². The molecular weight excluding hydrogens is 1400 g/mol. The number of phenols is 2. The third-order valence-corrected chi connectivity index (χ3v) is 17.3. The molecule has 36 heteroatoms. The van der Waals surface area contributed by atoms with E-state index in [2.05, 4.69) is 0 Å². The van der Waals surface area contributed by atoms with E-state index in [0.29, 0.717) is 5.56 Å². The van der Waals surface area contributed by atoms with Gasteiger partial charge in [-0.2, -0.15) is 0 Å². The van der Waals surface area contributed by atoms with Crippen LogP contribution in [0.15, 0.2) is 103 Å². The van der Waals surface area contributed by atoms with E-state index >= 15 is 0 Å². The fraction of sp³-hybridized carbons (Fsp3) is 0.493. The van der Waals surface area contributed by atoms with Crippen LogP contribution in [0.2, 0.25) is 0 Å². The molecule has 0 amide bonds. The van der Waals surface area contributed by atoms with Crippen LogP contribution in [0.5, 0.6) is 34.5 Å². The Morgan fingerprint density at radius 3 is 1.53 bits per heavy atom. The molecule has 5 fully saturated rings. The molecule has 0 aromatic heterocycles. The molecule has 14 N–H and O–H groups in total. The highest BCUT2D eigenvalue weighted by atomic mass is 16.8. The Balaban J connectivity index is 1.15. The lowest BCUT2D eigenvalue weighted by Crippen LogP contribution is -2.69. The monoisotopic (exact) mass is 1490 g/mol. The van der Waals surface area contributed by atoms with E-state index in [1.165, 1.54) is 119 Å². The van der Waals surface area contributed by atoms with Gasteiger partial charge in [0.2, 0.25) is 12.1 Å². The van der Waals surface area contributed by atoms with Gasteiger partial charge in [-0.3, -0.25) is 4.79 Å². The highest BCUT2D eigenvalue weighted by Crippen LogP contribution is 2.43. The van der Waals surface area contributed by atoms with Gasteiger partial charge in [-0.15, -0.1) is 0 Å². The lowest BCUT2D eigenvalue weighted by atomic mass is 9.95. The van der Waals surface area contributed by atoms with E-state index < -0.39 is 210 Å². The number of rotatable bonds is 28. The molecule has 4 aromatic carbocycles. The number of methoxy groups -OCH3 is 3. The number of aromatic hydroxyl groups is 2. The van der Waals surface area contributed by atoms with Crippen LogP contribution in [0.3, 0.4) is 0 Å². The van der Waals surface area contributed by atoms with Crippen LogP contribution in [0.4, 0.5) is 0 Å². The highest BCUT2D eigenvalue weighted by molar-refractivity contribution is 5.90. The summed E-state index contributed by atoms with van der Waals surface area (Å²) in [6.07, 6.45) is -41.0. The average Bonchev–Trinajstić information content (AvgIpc) is 1.70. The van der Waals surface area contributed by atoms with E-state index in [0.717, 1.165) is 31.2 Å². The van der Waals surface area contributed by atoms with Gasteiger partial charge in [0.1, 0.15) is 117 Å². The molecule has 36 nitrogen and oxygen atoms in total. The molecule has 5 aliphatic rings. The normalized spacial score (nSPS) is 33.4. The smallest absolute Gasteiger partial charge is 0.338 e. The number of aliphatic hydroxyl groups excluding tert-OH is 12. The van der Waals surface area contributed by atoms with Gasteiger partial charge in [0.25, 0.3) is 0 Å². The molecule has 5 aliphatic heterocycles. The maximum Gasteiger partial charge on any atom is 0.338 e. The van der Waals surface area contributed by atoms with Gasteiger partial charge in [-0.1, -0.05) is 36.4 Å². The topological polar surface area (TPSA) is 525 Å². The number of carbonyl (C=O) groups excluding carboxylic acids is 5. The first kappa shape index (κ1) is 80.5. The second-order valence-electron chi connectivity index (χ2n) is 24.4. The standard InChI is InChI=1S/C69H82O36/c1-31-50(78)54(82)57(85)65(95-31)96-39-19-13-35(25-42(39)91-5)16-22-49(77)100-60-46(29-92-32(2)72)99-68(105-69(30-94-48(76)21-15-34-12-18-38(74)41(24-34)90-4)63(53(81)44(27-71)104-69)103-64(88)36-9-7-6-8-10-36)62(102-66-58(86)55(83)51(79)43(26-70)97-66)61(60)101-67-59(87)56(84)52(80)45(98-67)28-93-47(75)20-14-33-11-17-37(73)40(23-33)89-3/h6-25,31,43-46,50-63,65-68,70-71,73-74,78-87H,26-30H2,1-5H3. The van der Waals surface area contributed by atoms with Crippen LogP contribution in [-0.2, 0) is 80.8 Å². The van der Waals surface area contributed by atoms with E-state index in [4.69, 9.17) is 80.5 Å². The SMILES string of the molecule is COc1cc(C=CC(=O)OCC2OC(OC3C(OC(=O)C=Cc4ccc(OC5OC(C)C(O)C(O)C5O)c(OC)c4)C(COC(C)=O)OC(OC4(COC(=O)C=Cc5ccc(O)c(OC)c5)OC(CO)C(O)C4OC(=O)c4ccccc4)C3OC3OC(CO)C(O)C(O)C3O)C(O)C(O)C2O)ccc1O. The summed E-state index contributed by atoms with van der Waals surface area (Å²) in [5, 5.41) is 154. The Hall–Kier alpha value is -8.55. The van der Waals surface area contributed by atoms with Crippen molar-refractivity contribution in [2.24, 2.45) is 0 Å². The van der Waals surface area contributed by atoms with Gasteiger partial charge in [-0.25, -0.2) is 19.2 Å². The molecule has 5 heterocycles. The van der Waals surface area contributed by atoms with Gasteiger partial charge in [0, 0.05) is 25.2 Å². The Morgan fingerprint density at radius 1 is 0.467 bits per heavy atom. The van der Waals surface area contributed by atoms with Crippen LogP contribution in [-0.4, -0.2) is 303 Å². The lowest BCUT2D eigenvalue weighted by molar-refractivity contribution is -0.421. The van der Waals surface area contributed by atoms with E-state index in [-0.39, 0.29) is 51.2 Å². The van der Waals surface area contributed by atoms with Crippen molar-refractivity contribution in [1.82, 2.24) is 0 Å². The first-order chi connectivity index (χ1) is 50.1. The third kappa shape index (κ3) is 19.4. The van der Waals surface area contributed by atoms with E-state index in [1.54, 1.807) is 6.07 Å². The molecular formula is C69H82O36. The Kier molecular flexibility index (Phi) is 27.7. The minimum Gasteiger partial charge on any atom is -0.504 e. The van der Waals surface area contributed by atoms with Crippen LogP contribution in [0, 0.1) is 0 Å².